The van der Waals surface area contributed by atoms with E-state index in [1.165, 1.54) is 18.5 Å². The minimum atomic E-state index is -4.34. The number of hydrogen-bond acceptors (Lipinski definition) is 6. The molecule has 1 saturated heterocycles. The zero-order valence-electron chi connectivity index (χ0n) is 18.7. The van der Waals surface area contributed by atoms with Crippen LogP contribution in [0.3, 0.4) is 0 Å². The van der Waals surface area contributed by atoms with Crippen LogP contribution in [0.4, 0.5) is 19.0 Å². The number of piperazine rings is 1. The Morgan fingerprint density at radius 1 is 1.00 bits per heavy atom. The van der Waals surface area contributed by atoms with Crippen molar-refractivity contribution in [2.75, 3.05) is 45.3 Å². The largest absolute Gasteiger partial charge is 0.493 e. The highest BCUT2D eigenvalue weighted by atomic mass is 32.1. The Labute approximate surface area is 200 Å². The van der Waals surface area contributed by atoms with Crippen molar-refractivity contribution in [2.24, 2.45) is 0 Å². The van der Waals surface area contributed by atoms with E-state index in [-0.39, 0.29) is 0 Å². The Morgan fingerprint density at radius 3 is 2.26 bits per heavy atom. The molecule has 0 bridgehead atoms. The van der Waals surface area contributed by atoms with Gasteiger partial charge >= 0.3 is 6.18 Å². The molecule has 1 N–H and O–H groups in total. The summed E-state index contributed by atoms with van der Waals surface area (Å²) in [5.74, 6) is 2.03. The van der Waals surface area contributed by atoms with Crippen LogP contribution in [0.1, 0.15) is 11.1 Å². The first-order chi connectivity index (χ1) is 16.3. The molecule has 34 heavy (non-hydrogen) atoms. The molecule has 0 radical (unpaired) electrons. The van der Waals surface area contributed by atoms with Crippen molar-refractivity contribution >= 4 is 34.1 Å². The Morgan fingerprint density at radius 2 is 1.65 bits per heavy atom. The molecule has 0 spiro atoms. The Bertz CT molecular complexity index is 1170. The first-order valence-electron chi connectivity index (χ1n) is 10.6. The third kappa shape index (κ3) is 5.09. The second-order valence-electron chi connectivity index (χ2n) is 7.75. The molecule has 2 heterocycles. The summed E-state index contributed by atoms with van der Waals surface area (Å²) >= 11 is 5.51. The second-order valence-corrected chi connectivity index (χ2v) is 8.14. The first kappa shape index (κ1) is 23.8. The molecule has 1 aromatic heterocycles. The number of anilines is 1. The topological polar surface area (TPSA) is 62.8 Å². The molecule has 7 nitrogen and oxygen atoms in total. The van der Waals surface area contributed by atoms with Gasteiger partial charge in [-0.05, 0) is 36.0 Å². The number of benzene rings is 2. The van der Waals surface area contributed by atoms with Crippen LogP contribution in [-0.4, -0.2) is 60.4 Å². The maximum atomic E-state index is 12.7. The number of ether oxygens (including phenoxy) is 2. The van der Waals surface area contributed by atoms with Gasteiger partial charge in [0.15, 0.2) is 16.6 Å². The van der Waals surface area contributed by atoms with Crippen LogP contribution < -0.4 is 19.7 Å². The third-order valence-electron chi connectivity index (χ3n) is 5.71. The summed E-state index contributed by atoms with van der Waals surface area (Å²) in [6.45, 7) is 3.11. The van der Waals surface area contributed by atoms with Crippen molar-refractivity contribution in [3.63, 3.8) is 0 Å². The van der Waals surface area contributed by atoms with Gasteiger partial charge in [0, 0.05) is 44.2 Å². The Balaban J connectivity index is 1.37. The molecular formula is C23H24F3N5O2S. The summed E-state index contributed by atoms with van der Waals surface area (Å²) in [6, 6.07) is 8.78. The van der Waals surface area contributed by atoms with E-state index in [2.05, 4.69) is 20.2 Å². The predicted octanol–water partition coefficient (Wildman–Crippen LogP) is 3.86. The lowest BCUT2D eigenvalue weighted by atomic mass is 10.1. The molecule has 1 aliphatic rings. The van der Waals surface area contributed by atoms with Crippen molar-refractivity contribution in [3.05, 3.63) is 53.9 Å². The van der Waals surface area contributed by atoms with Gasteiger partial charge in [0.1, 0.15) is 12.1 Å². The number of halogens is 3. The van der Waals surface area contributed by atoms with E-state index in [1.54, 1.807) is 14.2 Å². The molecule has 0 atom stereocenters. The van der Waals surface area contributed by atoms with Gasteiger partial charge in [-0.3, -0.25) is 0 Å². The lowest BCUT2D eigenvalue weighted by Crippen LogP contribution is -2.51. The molecule has 0 amide bonds. The van der Waals surface area contributed by atoms with Crippen LogP contribution in [-0.2, 0) is 12.7 Å². The minimum Gasteiger partial charge on any atom is -0.493 e. The van der Waals surface area contributed by atoms with Crippen LogP contribution in [0, 0.1) is 0 Å². The number of alkyl halides is 3. The molecule has 0 saturated carbocycles. The SMILES string of the molecule is COc1cc2ncnc(N3CCN(C(=S)NCc4ccc(C(F)(F)F)cc4)CC3)c2cc1OC. The zero-order chi connectivity index (χ0) is 24.3. The van der Waals surface area contributed by atoms with Crippen molar-refractivity contribution in [1.29, 1.82) is 0 Å². The standard InChI is InChI=1S/C23H24F3N5O2S/c1-32-19-11-17-18(12-20(19)33-2)28-14-29-21(17)30-7-9-31(10-8-30)22(34)27-13-15-3-5-16(6-4-15)23(24,25)26/h3-6,11-12,14H,7-10,13H2,1-2H3,(H,27,34). The fraction of sp³-hybridized carbons (Fsp3) is 0.348. The summed E-state index contributed by atoms with van der Waals surface area (Å²) in [6.07, 6.45) is -2.81. The summed E-state index contributed by atoms with van der Waals surface area (Å²) in [7, 11) is 3.17. The van der Waals surface area contributed by atoms with E-state index in [0.717, 1.165) is 34.4 Å². The van der Waals surface area contributed by atoms with Crippen molar-refractivity contribution in [2.45, 2.75) is 12.7 Å². The van der Waals surface area contributed by atoms with Crippen molar-refractivity contribution < 1.29 is 22.6 Å². The highest BCUT2D eigenvalue weighted by Gasteiger charge is 2.30. The number of nitrogens with one attached hydrogen (secondary N) is 1. The first-order valence-corrected chi connectivity index (χ1v) is 11.0. The van der Waals surface area contributed by atoms with Gasteiger partial charge in [0.25, 0.3) is 0 Å². The van der Waals surface area contributed by atoms with E-state index < -0.39 is 11.7 Å². The number of nitrogens with zero attached hydrogens (tertiary/aromatic N) is 4. The molecular weight excluding hydrogens is 467 g/mol. The molecule has 2 aromatic carbocycles. The number of hydrogen-bond donors (Lipinski definition) is 1. The van der Waals surface area contributed by atoms with Gasteiger partial charge in [-0.2, -0.15) is 13.2 Å². The van der Waals surface area contributed by atoms with Gasteiger partial charge in [-0.15, -0.1) is 0 Å². The summed E-state index contributed by atoms with van der Waals surface area (Å²) in [4.78, 5) is 13.1. The fourth-order valence-electron chi connectivity index (χ4n) is 3.84. The van der Waals surface area contributed by atoms with E-state index >= 15 is 0 Å². The van der Waals surface area contributed by atoms with Crippen LogP contribution in [0.5, 0.6) is 11.5 Å². The predicted molar refractivity (Wildman–Crippen MR) is 127 cm³/mol. The highest BCUT2D eigenvalue weighted by molar-refractivity contribution is 7.80. The van der Waals surface area contributed by atoms with Crippen molar-refractivity contribution in [3.8, 4) is 11.5 Å². The lowest BCUT2D eigenvalue weighted by molar-refractivity contribution is -0.137. The fourth-order valence-corrected chi connectivity index (χ4v) is 4.10. The molecule has 1 fully saturated rings. The van der Waals surface area contributed by atoms with Crippen LogP contribution in [0.25, 0.3) is 10.9 Å². The van der Waals surface area contributed by atoms with Gasteiger partial charge < -0.3 is 24.6 Å². The van der Waals surface area contributed by atoms with Crippen LogP contribution in [0.2, 0.25) is 0 Å². The van der Waals surface area contributed by atoms with Crippen molar-refractivity contribution in [1.82, 2.24) is 20.2 Å². The van der Waals surface area contributed by atoms with Gasteiger partial charge in [0.05, 0.1) is 25.3 Å². The number of fused-ring (bicyclic) bond motifs is 1. The molecule has 1 aliphatic heterocycles. The molecule has 0 aliphatic carbocycles. The smallest absolute Gasteiger partial charge is 0.416 e. The monoisotopic (exact) mass is 491 g/mol. The van der Waals surface area contributed by atoms with Gasteiger partial charge in [-0.25, -0.2) is 9.97 Å². The summed E-state index contributed by atoms with van der Waals surface area (Å²) in [5, 5.41) is 4.58. The maximum Gasteiger partial charge on any atom is 0.416 e. The molecule has 11 heteroatoms. The molecule has 180 valence electrons. The van der Waals surface area contributed by atoms with E-state index in [9.17, 15) is 13.2 Å². The number of thiocarbonyl (C=S) groups is 1. The quantitative estimate of drug-likeness (QED) is 0.540. The van der Waals surface area contributed by atoms with E-state index in [1.807, 2.05) is 17.0 Å². The molecule has 4 rings (SSSR count). The molecule has 3 aromatic rings. The average molecular weight is 492 g/mol. The minimum absolute atomic E-state index is 0.357. The Kier molecular flexibility index (Phi) is 6.92. The molecule has 0 unspecified atom stereocenters. The zero-order valence-corrected chi connectivity index (χ0v) is 19.5. The Hall–Kier alpha value is -3.34. The number of rotatable bonds is 5. The summed E-state index contributed by atoms with van der Waals surface area (Å²) in [5.41, 5.74) is 0.827. The number of aromatic nitrogens is 2. The van der Waals surface area contributed by atoms with Crippen LogP contribution >= 0.6 is 12.2 Å². The summed E-state index contributed by atoms with van der Waals surface area (Å²) < 4.78 is 49.0. The number of methoxy groups -OCH3 is 2. The van der Waals surface area contributed by atoms with E-state index in [0.29, 0.717) is 49.3 Å². The van der Waals surface area contributed by atoms with Gasteiger partial charge in [-0.1, -0.05) is 12.1 Å². The highest BCUT2D eigenvalue weighted by Crippen LogP contribution is 2.35. The maximum absolute atomic E-state index is 12.7. The third-order valence-corrected chi connectivity index (χ3v) is 6.11. The van der Waals surface area contributed by atoms with Gasteiger partial charge in [0.2, 0.25) is 0 Å². The van der Waals surface area contributed by atoms with E-state index in [4.69, 9.17) is 21.7 Å². The average Bonchev–Trinajstić information content (AvgIpc) is 2.85. The second kappa shape index (κ2) is 9.88. The lowest BCUT2D eigenvalue weighted by Gasteiger charge is -2.37. The van der Waals surface area contributed by atoms with Crippen LogP contribution in [0.15, 0.2) is 42.7 Å². The normalized spacial score (nSPS) is 14.3.